The molecule has 1 aromatic carbocycles. The molecule has 0 spiro atoms. The molecule has 0 radical (unpaired) electrons. The molecular formula is C17H18N6O5S2. The van der Waals surface area contributed by atoms with Crippen LogP contribution in [-0.2, 0) is 15.8 Å². The fourth-order valence-electron chi connectivity index (χ4n) is 2.47. The largest absolute Gasteiger partial charge is 0.481 e. The summed E-state index contributed by atoms with van der Waals surface area (Å²) in [6.07, 6.45) is 1.78. The molecular weight excluding hydrogens is 432 g/mol. The molecule has 0 unspecified atom stereocenters. The second-order valence-corrected chi connectivity index (χ2v) is 8.40. The van der Waals surface area contributed by atoms with E-state index in [0.29, 0.717) is 22.0 Å². The normalized spacial score (nSPS) is 11.2. The number of carbonyl (C=O) groups excluding carboxylic acids is 1. The molecule has 2 heterocycles. The fraction of sp³-hybridized carbons (Fsp3) is 0.235. The minimum atomic E-state index is -4.05. The summed E-state index contributed by atoms with van der Waals surface area (Å²) in [4.78, 5) is 20.1. The molecule has 30 heavy (non-hydrogen) atoms. The Labute approximate surface area is 176 Å². The van der Waals surface area contributed by atoms with Gasteiger partial charge in [-0.15, -0.1) is 10.2 Å². The first-order valence-electron chi connectivity index (χ1n) is 8.46. The number of sulfonamides is 1. The molecule has 3 rings (SSSR count). The van der Waals surface area contributed by atoms with Crippen LogP contribution < -0.4 is 14.8 Å². The van der Waals surface area contributed by atoms with Crippen molar-refractivity contribution in [3.8, 4) is 17.3 Å². The van der Waals surface area contributed by atoms with E-state index in [4.69, 9.17) is 9.15 Å². The Hall–Kier alpha value is -3.19. The number of nitrogens with zero attached hydrogens (tertiary/aromatic N) is 4. The van der Waals surface area contributed by atoms with E-state index in [1.165, 1.54) is 18.9 Å². The number of hydrogen-bond donors (Lipinski definition) is 2. The quantitative estimate of drug-likeness (QED) is 0.513. The van der Waals surface area contributed by atoms with E-state index in [9.17, 15) is 13.2 Å². The summed E-state index contributed by atoms with van der Waals surface area (Å²) in [5, 5.41) is 10.4. The van der Waals surface area contributed by atoms with E-state index >= 15 is 0 Å². The van der Waals surface area contributed by atoms with Crippen molar-refractivity contribution < 1.29 is 22.4 Å². The zero-order chi connectivity index (χ0) is 21.7. The molecule has 3 aromatic rings. The summed E-state index contributed by atoms with van der Waals surface area (Å²) >= 11 is 1.27. The molecule has 2 aromatic heterocycles. The van der Waals surface area contributed by atoms with E-state index in [-0.39, 0.29) is 17.7 Å². The van der Waals surface area contributed by atoms with Crippen LogP contribution in [0.2, 0.25) is 0 Å². The lowest BCUT2D eigenvalue weighted by molar-refractivity contribution is 0.256. The molecule has 0 aliphatic heterocycles. The van der Waals surface area contributed by atoms with Crippen molar-refractivity contribution in [3.05, 3.63) is 41.6 Å². The second kappa shape index (κ2) is 9.09. The third-order valence-corrected chi connectivity index (χ3v) is 5.39. The molecule has 11 nitrogen and oxygen atoms in total. The van der Waals surface area contributed by atoms with Crippen molar-refractivity contribution in [1.29, 1.82) is 0 Å². The Morgan fingerprint density at radius 2 is 2.00 bits per heavy atom. The topological polar surface area (TPSA) is 149 Å². The lowest BCUT2D eigenvalue weighted by Gasteiger charge is -2.10. The van der Waals surface area contributed by atoms with E-state index in [1.807, 2.05) is 4.72 Å². The van der Waals surface area contributed by atoms with Gasteiger partial charge in [0, 0.05) is 17.3 Å². The average Bonchev–Trinajstić information content (AvgIpc) is 3.16. The van der Waals surface area contributed by atoms with Gasteiger partial charge in [0.05, 0.1) is 12.9 Å². The highest BCUT2D eigenvalue weighted by Gasteiger charge is 2.21. The third-order valence-electron chi connectivity index (χ3n) is 3.69. The Morgan fingerprint density at radius 1 is 1.23 bits per heavy atom. The Bertz CT molecular complexity index is 1160. The first-order chi connectivity index (χ1) is 14.3. The number of benzene rings is 1. The summed E-state index contributed by atoms with van der Waals surface area (Å²) in [5.74, 6) is -0.144. The van der Waals surface area contributed by atoms with E-state index < -0.39 is 21.8 Å². The first kappa shape index (κ1) is 21.5. The molecule has 0 aliphatic rings. The monoisotopic (exact) mass is 450 g/mol. The van der Waals surface area contributed by atoms with Gasteiger partial charge in [-0.2, -0.15) is 4.98 Å². The smallest absolute Gasteiger partial charge is 0.335 e. The highest BCUT2D eigenvalue weighted by Crippen LogP contribution is 2.26. The maximum atomic E-state index is 12.5. The summed E-state index contributed by atoms with van der Waals surface area (Å²) in [5.41, 5.74) is 1.39. The van der Waals surface area contributed by atoms with E-state index in [1.54, 1.807) is 43.5 Å². The molecule has 13 heteroatoms. The van der Waals surface area contributed by atoms with Crippen LogP contribution in [0.3, 0.4) is 0 Å². The van der Waals surface area contributed by atoms with Gasteiger partial charge in [-0.05, 0) is 24.8 Å². The zero-order valence-corrected chi connectivity index (χ0v) is 17.9. The molecule has 0 fully saturated rings. The van der Waals surface area contributed by atoms with Crippen LogP contribution in [0.25, 0.3) is 11.5 Å². The standard InChI is InChI=1S/C17H18N6O5S2/c1-10-8-13(27-2)19-15(18-10)20-16(24)23-30(25,26)9-11-6-4-5-7-12(11)14-21-22-17(28-14)29-3/h4-8H,9H2,1-3H3,(H2,18,19,20,23,24). The first-order valence-corrected chi connectivity index (χ1v) is 11.3. The predicted molar refractivity (Wildman–Crippen MR) is 110 cm³/mol. The number of aromatic nitrogens is 4. The number of urea groups is 1. The SMILES string of the molecule is COc1cc(C)nc(NC(=O)NS(=O)(=O)Cc2ccccc2-c2nnc(SC)o2)n1. The van der Waals surface area contributed by atoms with Gasteiger partial charge >= 0.3 is 6.03 Å². The lowest BCUT2D eigenvalue weighted by atomic mass is 10.1. The number of carbonyl (C=O) groups is 1. The second-order valence-electron chi connectivity index (χ2n) is 5.92. The average molecular weight is 451 g/mol. The van der Waals surface area contributed by atoms with Gasteiger partial charge in [0.15, 0.2) is 0 Å². The van der Waals surface area contributed by atoms with Crippen molar-refractivity contribution in [2.75, 3.05) is 18.7 Å². The fourth-order valence-corrected chi connectivity index (χ4v) is 3.82. The summed E-state index contributed by atoms with van der Waals surface area (Å²) in [6.45, 7) is 1.68. The van der Waals surface area contributed by atoms with Crippen molar-refractivity contribution >= 4 is 33.8 Å². The highest BCUT2D eigenvalue weighted by molar-refractivity contribution is 7.98. The number of thioether (sulfide) groups is 1. The highest BCUT2D eigenvalue weighted by atomic mass is 32.2. The van der Waals surface area contributed by atoms with Gasteiger partial charge in [-0.3, -0.25) is 5.32 Å². The van der Waals surface area contributed by atoms with Crippen LogP contribution in [0, 0.1) is 6.92 Å². The van der Waals surface area contributed by atoms with Crippen molar-refractivity contribution in [2.45, 2.75) is 17.9 Å². The zero-order valence-electron chi connectivity index (χ0n) is 16.2. The van der Waals surface area contributed by atoms with Gasteiger partial charge in [0.25, 0.3) is 5.22 Å². The number of anilines is 1. The number of nitrogens with one attached hydrogen (secondary N) is 2. The number of amides is 2. The molecule has 2 N–H and O–H groups in total. The Morgan fingerprint density at radius 3 is 2.70 bits per heavy atom. The van der Waals surface area contributed by atoms with Crippen LogP contribution in [0.15, 0.2) is 40.0 Å². The minimum absolute atomic E-state index is 0.0876. The Balaban J connectivity index is 1.74. The number of hydrogen-bond acceptors (Lipinski definition) is 10. The van der Waals surface area contributed by atoms with Crippen LogP contribution >= 0.6 is 11.8 Å². The lowest BCUT2D eigenvalue weighted by Crippen LogP contribution is -2.35. The molecule has 2 amide bonds. The van der Waals surface area contributed by atoms with Gasteiger partial charge < -0.3 is 9.15 Å². The Kier molecular flexibility index (Phi) is 6.52. The molecule has 0 saturated carbocycles. The van der Waals surface area contributed by atoms with Crippen molar-refractivity contribution in [1.82, 2.24) is 24.9 Å². The van der Waals surface area contributed by atoms with Crippen LogP contribution in [0.1, 0.15) is 11.3 Å². The van der Waals surface area contributed by atoms with E-state index in [2.05, 4.69) is 25.5 Å². The van der Waals surface area contributed by atoms with Gasteiger partial charge in [0.2, 0.25) is 27.7 Å². The molecule has 0 saturated heterocycles. The molecule has 0 atom stereocenters. The maximum absolute atomic E-state index is 12.5. The molecule has 0 aliphatic carbocycles. The molecule has 158 valence electrons. The summed E-state index contributed by atoms with van der Waals surface area (Å²) in [7, 11) is -2.64. The van der Waals surface area contributed by atoms with Gasteiger partial charge in [-0.1, -0.05) is 30.0 Å². The van der Waals surface area contributed by atoms with E-state index in [0.717, 1.165) is 0 Å². The van der Waals surface area contributed by atoms with Gasteiger partial charge in [-0.25, -0.2) is 22.9 Å². The van der Waals surface area contributed by atoms with Gasteiger partial charge in [0.1, 0.15) is 0 Å². The number of rotatable bonds is 7. The van der Waals surface area contributed by atoms with Crippen molar-refractivity contribution in [3.63, 3.8) is 0 Å². The summed E-state index contributed by atoms with van der Waals surface area (Å²) < 4.78 is 37.5. The minimum Gasteiger partial charge on any atom is -0.481 e. The van der Waals surface area contributed by atoms with Crippen LogP contribution in [-0.4, -0.2) is 48.0 Å². The number of methoxy groups -OCH3 is 1. The number of ether oxygens (including phenoxy) is 1. The number of aryl methyl sites for hydroxylation is 1. The molecule has 0 bridgehead atoms. The van der Waals surface area contributed by atoms with Crippen LogP contribution in [0.5, 0.6) is 5.88 Å². The maximum Gasteiger partial charge on any atom is 0.335 e. The predicted octanol–water partition coefficient (Wildman–Crippen LogP) is 2.22. The van der Waals surface area contributed by atoms with Crippen LogP contribution in [0.4, 0.5) is 10.7 Å². The van der Waals surface area contributed by atoms with Crippen molar-refractivity contribution in [2.24, 2.45) is 0 Å². The third kappa shape index (κ3) is 5.45. The summed E-state index contributed by atoms with van der Waals surface area (Å²) in [6, 6.07) is 7.22.